The van der Waals surface area contributed by atoms with Crippen LogP contribution >= 0.6 is 23.4 Å². The molecule has 0 aliphatic rings. The van der Waals surface area contributed by atoms with Crippen LogP contribution in [-0.4, -0.2) is 41.0 Å². The van der Waals surface area contributed by atoms with Crippen LogP contribution in [0.4, 0.5) is 0 Å². The minimum atomic E-state index is -0.412. The maximum Gasteiger partial charge on any atom is 0.262 e. The fraction of sp³-hybridized carbons (Fsp3) is 0.353. The molecule has 2 rings (SSSR count). The Labute approximate surface area is 155 Å². The quantitative estimate of drug-likeness (QED) is 0.329. The highest BCUT2D eigenvalue weighted by atomic mass is 35.5. The highest BCUT2D eigenvalue weighted by Crippen LogP contribution is 2.23. The number of amides is 1. The molecule has 6 nitrogen and oxygen atoms in total. The number of nitrogens with zero attached hydrogens (tertiary/aromatic N) is 2. The normalized spacial score (nSPS) is 12.1. The van der Waals surface area contributed by atoms with Gasteiger partial charge in [-0.2, -0.15) is 0 Å². The van der Waals surface area contributed by atoms with Crippen LogP contribution in [0.3, 0.4) is 0 Å². The molecule has 1 aromatic carbocycles. The van der Waals surface area contributed by atoms with Crippen molar-refractivity contribution in [1.29, 1.82) is 0 Å². The van der Waals surface area contributed by atoms with Crippen LogP contribution in [0.1, 0.15) is 6.92 Å². The number of fused-ring (bicyclic) bond motifs is 1. The number of rotatable bonds is 8. The molecule has 0 saturated carbocycles. The van der Waals surface area contributed by atoms with Gasteiger partial charge in [-0.25, -0.2) is 4.98 Å². The first-order valence-electron chi connectivity index (χ1n) is 7.72. The van der Waals surface area contributed by atoms with Gasteiger partial charge in [0.05, 0.1) is 22.8 Å². The average Bonchev–Trinajstić information content (AvgIpc) is 2.59. The topological polar surface area (TPSA) is 73.2 Å². The summed E-state index contributed by atoms with van der Waals surface area (Å²) in [7, 11) is 1.57. The molecule has 0 aliphatic carbocycles. The number of carbonyl (C=O) groups is 1. The zero-order valence-corrected chi connectivity index (χ0v) is 15.7. The van der Waals surface area contributed by atoms with Gasteiger partial charge in [0.2, 0.25) is 5.91 Å². The van der Waals surface area contributed by atoms with Gasteiger partial charge in [-0.1, -0.05) is 29.4 Å². The Balaban J connectivity index is 2.34. The standard InChI is InChI=1S/C17H20ClN3O3S/c1-4-8-21-16(23)13-10-12(18)5-6-14(13)20-17(21)25-11(2)15(22)19-7-9-24-3/h4-6,10-11H,1,7-9H2,2-3H3,(H,19,22)/t11-/m1/s1. The van der Waals surface area contributed by atoms with Crippen molar-refractivity contribution in [3.63, 3.8) is 0 Å². The van der Waals surface area contributed by atoms with E-state index in [4.69, 9.17) is 16.3 Å². The summed E-state index contributed by atoms with van der Waals surface area (Å²) in [6.07, 6.45) is 1.62. The van der Waals surface area contributed by atoms with Gasteiger partial charge >= 0.3 is 0 Å². The van der Waals surface area contributed by atoms with Gasteiger partial charge in [0.25, 0.3) is 5.56 Å². The van der Waals surface area contributed by atoms with Crippen LogP contribution < -0.4 is 10.9 Å². The molecule has 0 fully saturated rings. The summed E-state index contributed by atoms with van der Waals surface area (Å²) >= 11 is 7.21. The first-order chi connectivity index (χ1) is 12.0. The number of carbonyl (C=O) groups excluding carboxylic acids is 1. The van der Waals surface area contributed by atoms with Crippen molar-refractivity contribution in [2.75, 3.05) is 20.3 Å². The van der Waals surface area contributed by atoms with Gasteiger partial charge in [0.1, 0.15) is 0 Å². The summed E-state index contributed by atoms with van der Waals surface area (Å²) in [6.45, 7) is 6.63. The molecule has 1 atom stereocenters. The molecule has 1 heterocycles. The van der Waals surface area contributed by atoms with Crippen molar-refractivity contribution >= 4 is 40.2 Å². The van der Waals surface area contributed by atoms with Gasteiger partial charge in [0.15, 0.2) is 5.16 Å². The molecule has 0 aliphatic heterocycles. The van der Waals surface area contributed by atoms with E-state index in [9.17, 15) is 9.59 Å². The molecule has 2 aromatic rings. The molecule has 0 bridgehead atoms. The summed E-state index contributed by atoms with van der Waals surface area (Å²) in [4.78, 5) is 29.4. The maximum absolute atomic E-state index is 12.7. The first-order valence-corrected chi connectivity index (χ1v) is 8.98. The Bertz CT molecular complexity index is 838. The third-order valence-electron chi connectivity index (χ3n) is 3.45. The lowest BCUT2D eigenvalue weighted by atomic mass is 10.2. The highest BCUT2D eigenvalue weighted by Gasteiger charge is 2.19. The average molecular weight is 382 g/mol. The van der Waals surface area contributed by atoms with Crippen LogP contribution in [0.15, 0.2) is 40.8 Å². The van der Waals surface area contributed by atoms with E-state index in [2.05, 4.69) is 16.9 Å². The lowest BCUT2D eigenvalue weighted by molar-refractivity contribution is -0.120. The number of halogens is 1. The first kappa shape index (κ1) is 19.5. The molecule has 0 radical (unpaired) electrons. The van der Waals surface area contributed by atoms with Crippen molar-refractivity contribution in [3.05, 3.63) is 46.2 Å². The zero-order chi connectivity index (χ0) is 18.4. The van der Waals surface area contributed by atoms with Crippen molar-refractivity contribution < 1.29 is 9.53 Å². The lowest BCUT2D eigenvalue weighted by Crippen LogP contribution is -2.34. The molecule has 8 heteroatoms. The Morgan fingerprint density at radius 2 is 2.32 bits per heavy atom. The number of hydrogen-bond acceptors (Lipinski definition) is 5. The second kappa shape index (κ2) is 9.03. The van der Waals surface area contributed by atoms with E-state index in [1.165, 1.54) is 16.3 Å². The van der Waals surface area contributed by atoms with Gasteiger partial charge in [-0.3, -0.25) is 14.2 Å². The number of allylic oxidation sites excluding steroid dienone is 1. The number of benzene rings is 1. The fourth-order valence-electron chi connectivity index (χ4n) is 2.18. The number of nitrogens with one attached hydrogen (secondary N) is 1. The Kier molecular flexibility index (Phi) is 7.04. The Morgan fingerprint density at radius 1 is 1.56 bits per heavy atom. The molecule has 0 unspecified atom stereocenters. The summed E-state index contributed by atoms with van der Waals surface area (Å²) in [5.74, 6) is -0.141. The van der Waals surface area contributed by atoms with Crippen molar-refractivity contribution in [2.24, 2.45) is 0 Å². The van der Waals surface area contributed by atoms with E-state index in [-0.39, 0.29) is 11.5 Å². The van der Waals surface area contributed by atoms with Crippen molar-refractivity contribution in [3.8, 4) is 0 Å². The number of aromatic nitrogens is 2. The Hall–Kier alpha value is -1.83. The predicted octanol–water partition coefficient (Wildman–Crippen LogP) is 2.48. The second-order valence-corrected chi connectivity index (χ2v) is 7.05. The summed E-state index contributed by atoms with van der Waals surface area (Å²) in [5.41, 5.74) is 0.339. The van der Waals surface area contributed by atoms with Gasteiger partial charge in [-0.05, 0) is 25.1 Å². The van der Waals surface area contributed by atoms with E-state index < -0.39 is 5.25 Å². The molecular weight excluding hydrogens is 362 g/mol. The smallest absolute Gasteiger partial charge is 0.262 e. The largest absolute Gasteiger partial charge is 0.383 e. The van der Waals surface area contributed by atoms with Crippen LogP contribution in [0.2, 0.25) is 5.02 Å². The van der Waals surface area contributed by atoms with Gasteiger partial charge in [-0.15, -0.1) is 6.58 Å². The molecule has 1 amide bonds. The number of methoxy groups -OCH3 is 1. The van der Waals surface area contributed by atoms with Crippen LogP contribution in [0.25, 0.3) is 10.9 Å². The van der Waals surface area contributed by atoms with Crippen LogP contribution in [0.5, 0.6) is 0 Å². The van der Waals surface area contributed by atoms with Gasteiger partial charge in [0, 0.05) is 25.2 Å². The van der Waals surface area contributed by atoms with Crippen molar-refractivity contribution in [1.82, 2.24) is 14.9 Å². The number of ether oxygens (including phenoxy) is 1. The van der Waals surface area contributed by atoms with E-state index in [0.29, 0.717) is 40.8 Å². The molecule has 1 N–H and O–H groups in total. The summed E-state index contributed by atoms with van der Waals surface area (Å²) < 4.78 is 6.41. The predicted molar refractivity (Wildman–Crippen MR) is 101 cm³/mol. The molecular formula is C17H20ClN3O3S. The van der Waals surface area contributed by atoms with E-state index >= 15 is 0 Å². The number of hydrogen-bond donors (Lipinski definition) is 1. The minimum Gasteiger partial charge on any atom is -0.383 e. The third-order valence-corrected chi connectivity index (χ3v) is 4.77. The SMILES string of the molecule is C=CCn1c(S[C@H](C)C(=O)NCCOC)nc2ccc(Cl)cc2c1=O. The molecule has 25 heavy (non-hydrogen) atoms. The lowest BCUT2D eigenvalue weighted by Gasteiger charge is -2.15. The van der Waals surface area contributed by atoms with E-state index in [1.54, 1.807) is 38.3 Å². The highest BCUT2D eigenvalue weighted by molar-refractivity contribution is 8.00. The zero-order valence-electron chi connectivity index (χ0n) is 14.1. The van der Waals surface area contributed by atoms with Crippen LogP contribution in [-0.2, 0) is 16.1 Å². The molecule has 1 aromatic heterocycles. The minimum absolute atomic E-state index is 0.141. The third kappa shape index (κ3) is 4.84. The number of thioether (sulfide) groups is 1. The summed E-state index contributed by atoms with van der Waals surface area (Å²) in [5, 5.41) is 3.75. The molecule has 134 valence electrons. The molecule has 0 spiro atoms. The maximum atomic E-state index is 12.7. The molecule has 0 saturated heterocycles. The fourth-order valence-corrected chi connectivity index (χ4v) is 3.30. The Morgan fingerprint density at radius 3 is 3.00 bits per heavy atom. The van der Waals surface area contributed by atoms with E-state index in [1.807, 2.05) is 0 Å². The monoisotopic (exact) mass is 381 g/mol. The van der Waals surface area contributed by atoms with Crippen LogP contribution in [0, 0.1) is 0 Å². The van der Waals surface area contributed by atoms with Crippen molar-refractivity contribution in [2.45, 2.75) is 23.9 Å². The van der Waals surface area contributed by atoms with Gasteiger partial charge < -0.3 is 10.1 Å². The second-order valence-electron chi connectivity index (χ2n) is 5.30. The summed E-state index contributed by atoms with van der Waals surface area (Å²) in [6, 6.07) is 4.98. The van der Waals surface area contributed by atoms with E-state index in [0.717, 1.165) is 0 Å².